The lowest BCUT2D eigenvalue weighted by Gasteiger charge is -2.09. The molecule has 0 atom stereocenters. The van der Waals surface area contributed by atoms with Crippen LogP contribution in [-0.2, 0) is 14.2 Å². The number of nitrogens with one attached hydrogen (secondary N) is 1. The third-order valence-electron chi connectivity index (χ3n) is 1.24. The van der Waals surface area contributed by atoms with Crippen LogP contribution in [0.3, 0.4) is 0 Å². The van der Waals surface area contributed by atoms with Crippen LogP contribution in [0.5, 0.6) is 0 Å². The molecule has 0 aromatic carbocycles. The Bertz CT molecular complexity index is 759. The number of hydrogen-bond donors (Lipinski definition) is 2. The summed E-state index contributed by atoms with van der Waals surface area (Å²) in [5.74, 6) is 20.5. The molecule has 8 heteroatoms. The Labute approximate surface area is 129 Å². The highest BCUT2D eigenvalue weighted by molar-refractivity contribution is 7.96. The molecule has 0 aliphatic rings. The molecule has 0 aromatic heterocycles. The predicted molar refractivity (Wildman–Crippen MR) is 73.2 cm³/mol. The van der Waals surface area contributed by atoms with Gasteiger partial charge < -0.3 is 0 Å². The molecule has 0 saturated heterocycles. The summed E-state index contributed by atoms with van der Waals surface area (Å²) in [7, 11) is 0. The summed E-state index contributed by atoms with van der Waals surface area (Å²) in [5, 5.41) is 8.17. The summed E-state index contributed by atoms with van der Waals surface area (Å²) in [4.78, 5) is 10.9. The fraction of sp³-hybridized carbons (Fsp3) is 0.0714. The van der Waals surface area contributed by atoms with Crippen molar-refractivity contribution in [3.63, 3.8) is 0 Å². The quantitative estimate of drug-likeness (QED) is 0.258. The lowest BCUT2D eigenvalue weighted by atomic mass is 10.5. The molecular formula is C14H3F2NO4S. The molecule has 0 rings (SSSR count). The Balaban J connectivity index is 4.37. The van der Waals surface area contributed by atoms with Gasteiger partial charge in [0.25, 0.3) is 0 Å². The van der Waals surface area contributed by atoms with E-state index in [1.807, 2.05) is 17.9 Å². The molecule has 0 aliphatic heterocycles. The van der Waals surface area contributed by atoms with Crippen LogP contribution in [0.1, 0.15) is 0 Å². The molecule has 108 valence electrons. The molecule has 0 unspecified atom stereocenters. The molecule has 22 heavy (non-hydrogen) atoms. The van der Waals surface area contributed by atoms with Gasteiger partial charge in [0.1, 0.15) is 12.0 Å². The minimum absolute atomic E-state index is 0.713. The van der Waals surface area contributed by atoms with Gasteiger partial charge >= 0.3 is 11.2 Å². The van der Waals surface area contributed by atoms with E-state index in [0.717, 1.165) is 0 Å². The molecule has 0 heterocycles. The Morgan fingerprint density at radius 3 is 2.05 bits per heavy atom. The van der Waals surface area contributed by atoms with E-state index in [0.29, 0.717) is 0 Å². The minimum atomic E-state index is -4.01. The van der Waals surface area contributed by atoms with Gasteiger partial charge in [0, 0.05) is 35.6 Å². The van der Waals surface area contributed by atoms with Crippen molar-refractivity contribution >= 4 is 17.9 Å². The van der Waals surface area contributed by atoms with E-state index in [2.05, 4.69) is 56.7 Å². The number of hydrogen-bond acceptors (Lipinski definition) is 5. The van der Waals surface area contributed by atoms with Gasteiger partial charge in [0.15, 0.2) is 0 Å². The smallest absolute Gasteiger partial charge is 0.278 e. The number of alkyl halides is 2. The predicted octanol–water partition coefficient (Wildman–Crippen LogP) is 0.372. The van der Waals surface area contributed by atoms with Crippen molar-refractivity contribution in [2.24, 2.45) is 0 Å². The second-order valence-electron chi connectivity index (χ2n) is 2.59. The van der Waals surface area contributed by atoms with Crippen molar-refractivity contribution in [3.8, 4) is 71.7 Å². The van der Waals surface area contributed by atoms with Crippen molar-refractivity contribution in [1.82, 2.24) is 5.32 Å². The third kappa shape index (κ3) is 9.80. The average molecular weight is 319 g/mol. The Morgan fingerprint density at radius 2 is 1.55 bits per heavy atom. The molecule has 0 radical (unpaired) electrons. The minimum Gasteiger partial charge on any atom is -0.278 e. The van der Waals surface area contributed by atoms with Gasteiger partial charge in [-0.2, -0.15) is 8.78 Å². The zero-order valence-corrected chi connectivity index (χ0v) is 11.2. The van der Waals surface area contributed by atoms with E-state index in [1.54, 1.807) is 5.32 Å². The zero-order valence-electron chi connectivity index (χ0n) is 10.4. The lowest BCUT2D eigenvalue weighted by molar-refractivity contribution is -0.433. The molecule has 0 fully saturated rings. The molecule has 0 spiro atoms. The molecule has 0 saturated carbocycles. The third-order valence-corrected chi connectivity index (χ3v) is 1.77. The second-order valence-corrected chi connectivity index (χ2v) is 3.41. The van der Waals surface area contributed by atoms with Crippen LogP contribution in [0.4, 0.5) is 8.78 Å². The van der Waals surface area contributed by atoms with E-state index in [4.69, 9.17) is 11.7 Å². The van der Waals surface area contributed by atoms with E-state index >= 15 is 0 Å². The van der Waals surface area contributed by atoms with E-state index in [9.17, 15) is 13.6 Å². The van der Waals surface area contributed by atoms with Crippen molar-refractivity contribution in [2.75, 3.05) is 0 Å². The van der Waals surface area contributed by atoms with Gasteiger partial charge in [0.2, 0.25) is 0 Å². The fourth-order valence-corrected chi connectivity index (χ4v) is 0.785. The summed E-state index contributed by atoms with van der Waals surface area (Å²) in [6.07, 6.45) is 4.84. The summed E-state index contributed by atoms with van der Waals surface area (Å²) in [6, 6.07) is 1.86. The van der Waals surface area contributed by atoms with Crippen LogP contribution >= 0.6 is 12.0 Å². The van der Waals surface area contributed by atoms with Crippen molar-refractivity contribution in [3.05, 3.63) is 0 Å². The first kappa shape index (κ1) is 18.9. The Hall–Kier alpha value is -3.08. The monoisotopic (exact) mass is 319 g/mol. The van der Waals surface area contributed by atoms with Crippen molar-refractivity contribution in [2.45, 2.75) is 5.25 Å². The maximum Gasteiger partial charge on any atom is 0.398 e. The van der Waals surface area contributed by atoms with E-state index in [-0.39, 0.29) is 0 Å². The number of carbonyl (C=O) groups excluding carboxylic acids is 1. The standard InChI is InChI=1S/C14H3F2NO4S/c1-2-3-4-5-6-7-8-9-10-11-12-17-13(18)14(15,16)22-21-20-19/h1,19H,(H,17,18). The van der Waals surface area contributed by atoms with Crippen LogP contribution in [0.15, 0.2) is 0 Å². The molecule has 5 nitrogen and oxygen atoms in total. The van der Waals surface area contributed by atoms with Crippen molar-refractivity contribution in [1.29, 1.82) is 0 Å². The Kier molecular flexibility index (Phi) is 10.1. The molecule has 0 aromatic rings. The largest absolute Gasteiger partial charge is 0.398 e. The second kappa shape index (κ2) is 11.7. The fourth-order valence-electron chi connectivity index (χ4n) is 0.543. The maximum absolute atomic E-state index is 12.9. The van der Waals surface area contributed by atoms with Crippen LogP contribution < -0.4 is 5.32 Å². The van der Waals surface area contributed by atoms with Crippen LogP contribution in [0.25, 0.3) is 0 Å². The van der Waals surface area contributed by atoms with Gasteiger partial charge in [-0.25, -0.2) is 5.26 Å². The SMILES string of the molecule is C#CC#CC#CC#CC#CC#CNC(=O)C(F)(F)SOOO. The lowest BCUT2D eigenvalue weighted by Crippen LogP contribution is -2.35. The zero-order chi connectivity index (χ0) is 16.7. The topological polar surface area (TPSA) is 67.8 Å². The molecule has 0 bridgehead atoms. The van der Waals surface area contributed by atoms with Crippen LogP contribution in [0, 0.1) is 71.7 Å². The maximum atomic E-state index is 12.9. The van der Waals surface area contributed by atoms with Crippen LogP contribution in [-0.4, -0.2) is 16.4 Å². The van der Waals surface area contributed by atoms with Crippen molar-refractivity contribution < 1.29 is 28.2 Å². The van der Waals surface area contributed by atoms with Gasteiger partial charge in [0.05, 0.1) is 0 Å². The summed E-state index contributed by atoms with van der Waals surface area (Å²) in [5.41, 5.74) is 0. The number of terminal acetylenes is 1. The normalized spacial score (nSPS) is 7.55. The first-order valence-electron chi connectivity index (χ1n) is 4.84. The molecule has 0 aliphatic carbocycles. The average Bonchev–Trinajstić information content (AvgIpc) is 2.50. The highest BCUT2D eigenvalue weighted by atomic mass is 32.2. The van der Waals surface area contributed by atoms with E-state index < -0.39 is 23.2 Å². The summed E-state index contributed by atoms with van der Waals surface area (Å²) >= 11 is -0.713. The number of rotatable bonds is 4. The highest BCUT2D eigenvalue weighted by Crippen LogP contribution is 2.29. The first-order valence-corrected chi connectivity index (χ1v) is 5.58. The van der Waals surface area contributed by atoms with Crippen LogP contribution in [0.2, 0.25) is 0 Å². The number of amides is 1. The summed E-state index contributed by atoms with van der Waals surface area (Å²) < 4.78 is 29.2. The Morgan fingerprint density at radius 1 is 1.05 bits per heavy atom. The number of halogens is 2. The van der Waals surface area contributed by atoms with Gasteiger partial charge in [-0.1, -0.05) is 5.04 Å². The van der Waals surface area contributed by atoms with E-state index in [1.165, 1.54) is 0 Å². The molecule has 2 N–H and O–H groups in total. The summed E-state index contributed by atoms with van der Waals surface area (Å²) in [6.45, 7) is 0. The number of carbonyl (C=O) groups is 1. The van der Waals surface area contributed by atoms with Gasteiger partial charge in [-0.15, -0.1) is 10.8 Å². The molecule has 1 amide bonds. The first-order chi connectivity index (χ1) is 10.5. The van der Waals surface area contributed by atoms with Gasteiger partial charge in [-0.05, 0) is 29.6 Å². The van der Waals surface area contributed by atoms with Gasteiger partial charge in [-0.3, -0.25) is 10.1 Å². The highest BCUT2D eigenvalue weighted by Gasteiger charge is 2.41. The molecular weight excluding hydrogens is 316 g/mol.